The van der Waals surface area contributed by atoms with Gasteiger partial charge in [-0.2, -0.15) is 24.7 Å². The van der Waals surface area contributed by atoms with Crippen LogP contribution in [0.2, 0.25) is 5.02 Å². The van der Waals surface area contributed by atoms with E-state index in [1.54, 1.807) is 18.2 Å². The minimum Gasteiger partial charge on any atom is -0.422 e. The first kappa shape index (κ1) is 13.7. The van der Waals surface area contributed by atoms with E-state index in [0.717, 1.165) is 4.47 Å². The molecular formula is C11H7BrClN7O. The van der Waals surface area contributed by atoms with Crippen LogP contribution in [-0.4, -0.2) is 29.7 Å². The highest BCUT2D eigenvalue weighted by Gasteiger charge is 2.11. The number of hydrogen-bond donors (Lipinski definition) is 1. The van der Waals surface area contributed by atoms with Crippen LogP contribution in [0.15, 0.2) is 35.3 Å². The zero-order chi connectivity index (χ0) is 14.8. The smallest absolute Gasteiger partial charge is 0.328 e. The Labute approximate surface area is 132 Å². The SMILES string of the molecule is Nc1nc(Oc2cc(Br)ccc2Cl)nc(-n2cncn2)n1. The van der Waals surface area contributed by atoms with Crippen molar-refractivity contribution in [3.8, 4) is 17.7 Å². The maximum absolute atomic E-state index is 6.05. The highest BCUT2D eigenvalue weighted by atomic mass is 79.9. The summed E-state index contributed by atoms with van der Waals surface area (Å²) in [7, 11) is 0. The van der Waals surface area contributed by atoms with E-state index in [-0.39, 0.29) is 17.9 Å². The lowest BCUT2D eigenvalue weighted by molar-refractivity contribution is 0.438. The van der Waals surface area contributed by atoms with Gasteiger partial charge in [-0.3, -0.25) is 0 Å². The molecule has 2 N–H and O–H groups in total. The number of rotatable bonds is 3. The monoisotopic (exact) mass is 367 g/mol. The van der Waals surface area contributed by atoms with Crippen LogP contribution < -0.4 is 10.5 Å². The number of nitrogens with two attached hydrogens (primary N) is 1. The van der Waals surface area contributed by atoms with Gasteiger partial charge in [-0.25, -0.2) is 4.98 Å². The summed E-state index contributed by atoms with van der Waals surface area (Å²) >= 11 is 9.38. The van der Waals surface area contributed by atoms with Crippen LogP contribution in [0.1, 0.15) is 0 Å². The lowest BCUT2D eigenvalue weighted by Crippen LogP contribution is -2.08. The molecule has 10 heteroatoms. The van der Waals surface area contributed by atoms with Crippen molar-refractivity contribution in [3.63, 3.8) is 0 Å². The summed E-state index contributed by atoms with van der Waals surface area (Å²) in [5.74, 6) is 0.582. The van der Waals surface area contributed by atoms with Crippen molar-refractivity contribution in [1.29, 1.82) is 0 Å². The van der Waals surface area contributed by atoms with Crippen molar-refractivity contribution < 1.29 is 4.74 Å². The Morgan fingerprint density at radius 2 is 2.10 bits per heavy atom. The summed E-state index contributed by atoms with van der Waals surface area (Å²) in [4.78, 5) is 15.8. The third-order valence-electron chi connectivity index (χ3n) is 2.34. The summed E-state index contributed by atoms with van der Waals surface area (Å²) < 4.78 is 7.69. The number of nitrogen functional groups attached to an aromatic ring is 1. The zero-order valence-corrected chi connectivity index (χ0v) is 12.7. The van der Waals surface area contributed by atoms with E-state index in [0.29, 0.717) is 10.8 Å². The van der Waals surface area contributed by atoms with E-state index in [4.69, 9.17) is 22.1 Å². The van der Waals surface area contributed by atoms with Crippen molar-refractivity contribution in [1.82, 2.24) is 29.7 Å². The second-order valence-electron chi connectivity index (χ2n) is 3.79. The van der Waals surface area contributed by atoms with Gasteiger partial charge in [0.15, 0.2) is 5.75 Å². The minimum atomic E-state index is -0.00313. The molecule has 0 spiro atoms. The van der Waals surface area contributed by atoms with Gasteiger partial charge in [-0.15, -0.1) is 0 Å². The third-order valence-corrected chi connectivity index (χ3v) is 3.14. The molecule has 2 heterocycles. The highest BCUT2D eigenvalue weighted by molar-refractivity contribution is 9.10. The number of nitrogens with zero attached hydrogens (tertiary/aromatic N) is 6. The summed E-state index contributed by atoms with van der Waals surface area (Å²) in [5, 5.41) is 4.33. The number of ether oxygens (including phenoxy) is 1. The zero-order valence-electron chi connectivity index (χ0n) is 10.3. The molecule has 2 aromatic heterocycles. The largest absolute Gasteiger partial charge is 0.422 e. The van der Waals surface area contributed by atoms with Crippen LogP contribution in [0.3, 0.4) is 0 Å². The van der Waals surface area contributed by atoms with Gasteiger partial charge in [0.25, 0.3) is 5.95 Å². The van der Waals surface area contributed by atoms with Crippen molar-refractivity contribution >= 4 is 33.5 Å². The number of halogens is 2. The molecule has 3 aromatic rings. The lowest BCUT2D eigenvalue weighted by atomic mass is 10.3. The Kier molecular flexibility index (Phi) is 3.67. The molecule has 0 fully saturated rings. The molecule has 0 aliphatic heterocycles. The van der Waals surface area contributed by atoms with Gasteiger partial charge in [0.1, 0.15) is 12.7 Å². The molecule has 3 rings (SSSR count). The first-order valence-electron chi connectivity index (χ1n) is 5.61. The van der Waals surface area contributed by atoms with Crippen molar-refractivity contribution in [3.05, 3.63) is 40.3 Å². The van der Waals surface area contributed by atoms with Gasteiger partial charge >= 0.3 is 6.01 Å². The van der Waals surface area contributed by atoms with Gasteiger partial charge in [-0.1, -0.05) is 27.5 Å². The molecular weight excluding hydrogens is 362 g/mol. The molecule has 106 valence electrons. The van der Waals surface area contributed by atoms with Crippen molar-refractivity contribution in [2.75, 3.05) is 5.73 Å². The van der Waals surface area contributed by atoms with Crippen LogP contribution in [0.4, 0.5) is 5.95 Å². The fourth-order valence-electron chi connectivity index (χ4n) is 1.47. The number of aromatic nitrogens is 6. The summed E-state index contributed by atoms with van der Waals surface area (Å²) in [6.07, 6.45) is 2.79. The van der Waals surface area contributed by atoms with E-state index >= 15 is 0 Å². The van der Waals surface area contributed by atoms with Gasteiger partial charge in [-0.05, 0) is 18.2 Å². The number of anilines is 1. The standard InChI is InChI=1S/C11H7BrClN7O/c12-6-1-2-7(13)8(3-6)21-11-18-9(14)17-10(19-11)20-5-15-4-16-20/h1-5H,(H2,14,17,18,19). The van der Waals surface area contributed by atoms with E-state index in [9.17, 15) is 0 Å². The predicted molar refractivity (Wildman–Crippen MR) is 78.4 cm³/mol. The lowest BCUT2D eigenvalue weighted by Gasteiger charge is -2.07. The van der Waals surface area contributed by atoms with Gasteiger partial charge in [0.05, 0.1) is 5.02 Å². The molecule has 1 aromatic carbocycles. The number of hydrogen-bond acceptors (Lipinski definition) is 7. The van der Waals surface area contributed by atoms with E-state index < -0.39 is 0 Å². The van der Waals surface area contributed by atoms with E-state index in [2.05, 4.69) is 41.0 Å². The molecule has 8 nitrogen and oxygen atoms in total. The van der Waals surface area contributed by atoms with Crippen LogP contribution in [0.25, 0.3) is 5.95 Å². The molecule has 21 heavy (non-hydrogen) atoms. The van der Waals surface area contributed by atoms with Crippen LogP contribution in [0.5, 0.6) is 11.8 Å². The van der Waals surface area contributed by atoms with E-state index in [1.165, 1.54) is 17.3 Å². The molecule has 0 unspecified atom stereocenters. The maximum atomic E-state index is 6.05. The topological polar surface area (TPSA) is 105 Å². The van der Waals surface area contributed by atoms with Gasteiger partial charge in [0, 0.05) is 4.47 Å². The maximum Gasteiger partial charge on any atom is 0.328 e. The second kappa shape index (κ2) is 5.62. The summed E-state index contributed by atoms with van der Waals surface area (Å²) in [6.45, 7) is 0. The molecule has 0 saturated heterocycles. The molecule has 0 bridgehead atoms. The van der Waals surface area contributed by atoms with E-state index in [1.807, 2.05) is 0 Å². The quantitative estimate of drug-likeness (QED) is 0.756. The Hall–Kier alpha value is -2.26. The predicted octanol–water partition coefficient (Wildman–Crippen LogP) is 2.24. The average molecular weight is 369 g/mol. The van der Waals surface area contributed by atoms with Crippen LogP contribution in [-0.2, 0) is 0 Å². The fourth-order valence-corrected chi connectivity index (χ4v) is 1.97. The Morgan fingerprint density at radius 3 is 2.86 bits per heavy atom. The molecule has 0 aliphatic carbocycles. The fraction of sp³-hybridized carbons (Fsp3) is 0. The van der Waals surface area contributed by atoms with Crippen LogP contribution in [0, 0.1) is 0 Å². The Bertz CT molecular complexity index is 780. The number of benzene rings is 1. The normalized spacial score (nSPS) is 10.6. The summed E-state index contributed by atoms with van der Waals surface area (Å²) in [6, 6.07) is 5.17. The molecule has 0 atom stereocenters. The molecule has 0 amide bonds. The van der Waals surface area contributed by atoms with Crippen LogP contribution >= 0.6 is 27.5 Å². The average Bonchev–Trinajstić information content (AvgIpc) is 2.96. The first-order chi connectivity index (χ1) is 10.1. The van der Waals surface area contributed by atoms with Crippen molar-refractivity contribution in [2.24, 2.45) is 0 Å². The highest BCUT2D eigenvalue weighted by Crippen LogP contribution is 2.30. The summed E-state index contributed by atoms with van der Waals surface area (Å²) in [5.41, 5.74) is 5.64. The third kappa shape index (κ3) is 3.09. The van der Waals surface area contributed by atoms with Crippen molar-refractivity contribution in [2.45, 2.75) is 0 Å². The Morgan fingerprint density at radius 1 is 1.24 bits per heavy atom. The second-order valence-corrected chi connectivity index (χ2v) is 5.12. The van der Waals surface area contributed by atoms with Gasteiger partial charge in [0.2, 0.25) is 5.95 Å². The van der Waals surface area contributed by atoms with Gasteiger partial charge < -0.3 is 10.5 Å². The first-order valence-corrected chi connectivity index (χ1v) is 6.78. The Balaban J connectivity index is 1.97. The molecule has 0 aliphatic rings. The molecule has 0 radical (unpaired) electrons. The minimum absolute atomic E-state index is 0.00313. The molecule has 0 saturated carbocycles.